The number of carbonyl (C=O) groups is 2. The molecule has 188 valence electrons. The van der Waals surface area contributed by atoms with E-state index in [4.69, 9.17) is 25.8 Å². The molecule has 2 heterocycles. The predicted octanol–water partition coefficient (Wildman–Crippen LogP) is 5.34. The van der Waals surface area contributed by atoms with Gasteiger partial charge in [-0.1, -0.05) is 23.7 Å². The number of ether oxygens (including phenoxy) is 3. The summed E-state index contributed by atoms with van der Waals surface area (Å²) in [5.41, 5.74) is 4.77. The molecule has 0 amide bonds. The second-order valence-electron chi connectivity index (χ2n) is 8.95. The first-order chi connectivity index (χ1) is 16.6. The van der Waals surface area contributed by atoms with Gasteiger partial charge >= 0.3 is 11.9 Å². The zero-order valence-corrected chi connectivity index (χ0v) is 22.1. The van der Waals surface area contributed by atoms with Crippen LogP contribution in [0, 0.1) is 19.8 Å². The fraction of sp³-hybridized carbons (Fsp3) is 0.444. The first-order valence-corrected chi connectivity index (χ1v) is 12.0. The maximum absolute atomic E-state index is 13.3. The van der Waals surface area contributed by atoms with Crippen LogP contribution in [0.1, 0.15) is 50.6 Å². The number of benzene rings is 1. The van der Waals surface area contributed by atoms with Crippen LogP contribution in [0.5, 0.6) is 0 Å². The molecular formula is C27H33ClN2O5. The number of halogens is 1. The summed E-state index contributed by atoms with van der Waals surface area (Å²) in [4.78, 5) is 31.2. The third kappa shape index (κ3) is 5.52. The van der Waals surface area contributed by atoms with Crippen molar-refractivity contribution in [3.8, 4) is 5.69 Å². The third-order valence-electron chi connectivity index (χ3n) is 6.03. The summed E-state index contributed by atoms with van der Waals surface area (Å²) in [5.74, 6) is -2.57. The maximum atomic E-state index is 13.3. The van der Waals surface area contributed by atoms with Crippen LogP contribution in [0.2, 0.25) is 5.02 Å². The number of aromatic nitrogens is 1. The van der Waals surface area contributed by atoms with Gasteiger partial charge in [0.2, 0.25) is 0 Å². The van der Waals surface area contributed by atoms with Gasteiger partial charge in [0, 0.05) is 35.8 Å². The van der Waals surface area contributed by atoms with E-state index in [1.165, 1.54) is 7.11 Å². The largest absolute Gasteiger partial charge is 0.462 e. The highest BCUT2D eigenvalue weighted by molar-refractivity contribution is 6.33. The van der Waals surface area contributed by atoms with Crippen molar-refractivity contribution in [2.75, 3.05) is 20.3 Å². The van der Waals surface area contributed by atoms with Crippen molar-refractivity contribution in [1.29, 1.82) is 0 Å². The Hall–Kier alpha value is -2.90. The lowest BCUT2D eigenvalue weighted by Crippen LogP contribution is -2.37. The molecule has 1 aliphatic heterocycles. The summed E-state index contributed by atoms with van der Waals surface area (Å²) in [6.45, 7) is 11.4. The number of hydrogen-bond acceptors (Lipinski definition) is 6. The molecule has 1 aromatic carbocycles. The molecule has 0 N–H and O–H groups in total. The number of aryl methyl sites for hydroxylation is 2. The lowest BCUT2D eigenvalue weighted by molar-refractivity contribution is -0.150. The number of rotatable bonds is 8. The van der Waals surface area contributed by atoms with Crippen molar-refractivity contribution in [3.63, 3.8) is 0 Å². The molecule has 0 bridgehead atoms. The first kappa shape index (κ1) is 26.7. The second-order valence-corrected chi connectivity index (χ2v) is 9.33. The molecule has 3 rings (SSSR count). The predicted molar refractivity (Wildman–Crippen MR) is 136 cm³/mol. The standard InChI is InChI=1S/C27H33ClN2O5/c1-15(2)35-27(32)23-19(6)29-18(5)22(26(31)34-14-13-33-7)24(23)20-9-8-10-21(25(20)28)30-16(3)11-12-17(30)4/h8-12,15,23-24H,13-14H2,1-7H3. The minimum atomic E-state index is -0.828. The Balaban J connectivity index is 2.21. The maximum Gasteiger partial charge on any atom is 0.336 e. The monoisotopic (exact) mass is 500 g/mol. The molecule has 2 atom stereocenters. The number of methoxy groups -OCH3 is 1. The smallest absolute Gasteiger partial charge is 0.336 e. The molecule has 1 aliphatic rings. The van der Waals surface area contributed by atoms with Crippen molar-refractivity contribution < 1.29 is 23.8 Å². The zero-order chi connectivity index (χ0) is 25.9. The van der Waals surface area contributed by atoms with Crippen LogP contribution in [0.3, 0.4) is 0 Å². The number of nitrogens with zero attached hydrogens (tertiary/aromatic N) is 2. The fourth-order valence-corrected chi connectivity index (χ4v) is 4.87. The van der Waals surface area contributed by atoms with Crippen LogP contribution in [0.4, 0.5) is 0 Å². The third-order valence-corrected chi connectivity index (χ3v) is 6.44. The number of allylic oxidation sites excluding steroid dienone is 1. The molecule has 7 nitrogen and oxygen atoms in total. The Kier molecular flexibility index (Phi) is 8.56. The second kappa shape index (κ2) is 11.2. The molecule has 2 unspecified atom stereocenters. The van der Waals surface area contributed by atoms with Gasteiger partial charge in [-0.2, -0.15) is 0 Å². The zero-order valence-electron chi connectivity index (χ0n) is 21.3. The van der Waals surface area contributed by atoms with Crippen LogP contribution < -0.4 is 0 Å². The Bertz CT molecular complexity index is 1160. The van der Waals surface area contributed by atoms with E-state index >= 15 is 0 Å². The van der Waals surface area contributed by atoms with E-state index in [2.05, 4.69) is 4.99 Å². The van der Waals surface area contributed by atoms with Gasteiger partial charge < -0.3 is 18.8 Å². The van der Waals surface area contributed by atoms with E-state index in [-0.39, 0.29) is 24.9 Å². The summed E-state index contributed by atoms with van der Waals surface area (Å²) >= 11 is 7.04. The van der Waals surface area contributed by atoms with Crippen molar-refractivity contribution in [1.82, 2.24) is 4.57 Å². The van der Waals surface area contributed by atoms with E-state index < -0.39 is 23.8 Å². The van der Waals surface area contributed by atoms with Gasteiger partial charge in [0.15, 0.2) is 0 Å². The number of esters is 2. The molecule has 0 spiro atoms. The molecular weight excluding hydrogens is 468 g/mol. The van der Waals surface area contributed by atoms with E-state index in [9.17, 15) is 9.59 Å². The first-order valence-electron chi connectivity index (χ1n) is 11.6. The molecule has 0 radical (unpaired) electrons. The van der Waals surface area contributed by atoms with E-state index in [1.54, 1.807) is 27.7 Å². The number of aliphatic imine (C=N–C) groups is 1. The van der Waals surface area contributed by atoms with Crippen molar-refractivity contribution >= 4 is 29.3 Å². The van der Waals surface area contributed by atoms with E-state index in [0.717, 1.165) is 17.1 Å². The fourth-order valence-electron chi connectivity index (χ4n) is 4.54. The summed E-state index contributed by atoms with van der Waals surface area (Å²) in [5, 5.41) is 0.451. The summed E-state index contributed by atoms with van der Waals surface area (Å²) in [6.07, 6.45) is -0.327. The number of carbonyl (C=O) groups excluding carboxylic acids is 2. The quantitative estimate of drug-likeness (QED) is 0.361. The normalized spacial score (nSPS) is 18.0. The Morgan fingerprint density at radius 2 is 1.71 bits per heavy atom. The lowest BCUT2D eigenvalue weighted by Gasteiger charge is -2.33. The summed E-state index contributed by atoms with van der Waals surface area (Å²) < 4.78 is 18.1. The van der Waals surface area contributed by atoms with Gasteiger partial charge in [0.05, 0.1) is 29.0 Å². The molecule has 2 aromatic rings. The van der Waals surface area contributed by atoms with Crippen LogP contribution in [0.25, 0.3) is 5.69 Å². The van der Waals surface area contributed by atoms with Crippen molar-refractivity contribution in [2.45, 2.75) is 53.6 Å². The average Bonchev–Trinajstić information content (AvgIpc) is 3.10. The molecule has 8 heteroatoms. The van der Waals surface area contributed by atoms with Gasteiger partial charge in [-0.3, -0.25) is 9.79 Å². The highest BCUT2D eigenvalue weighted by Gasteiger charge is 2.43. The molecule has 0 saturated heterocycles. The Morgan fingerprint density at radius 1 is 1.06 bits per heavy atom. The molecule has 0 aliphatic carbocycles. The SMILES string of the molecule is COCCOC(=O)C1=C(C)N=C(C)C(C(=O)OC(C)C)C1c1cccc(-n2c(C)ccc2C)c1Cl. The molecule has 35 heavy (non-hydrogen) atoms. The van der Waals surface area contributed by atoms with Crippen LogP contribution in [-0.2, 0) is 23.8 Å². The van der Waals surface area contributed by atoms with Crippen LogP contribution in [-0.4, -0.2) is 48.6 Å². The molecule has 0 saturated carbocycles. The van der Waals surface area contributed by atoms with Crippen LogP contribution >= 0.6 is 11.6 Å². The lowest BCUT2D eigenvalue weighted by atomic mass is 9.75. The van der Waals surface area contributed by atoms with Crippen molar-refractivity contribution in [2.24, 2.45) is 10.9 Å². The van der Waals surface area contributed by atoms with Crippen molar-refractivity contribution in [3.05, 3.63) is 63.6 Å². The summed E-state index contributed by atoms with van der Waals surface area (Å²) in [7, 11) is 1.53. The van der Waals surface area contributed by atoms with Crippen LogP contribution in [0.15, 0.2) is 46.6 Å². The van der Waals surface area contributed by atoms with Gasteiger partial charge in [-0.05, 0) is 65.3 Å². The van der Waals surface area contributed by atoms with Gasteiger partial charge in [-0.25, -0.2) is 4.79 Å². The molecule has 1 aromatic heterocycles. The Labute approximate surface area is 211 Å². The number of hydrogen-bond donors (Lipinski definition) is 0. The average molecular weight is 501 g/mol. The van der Waals surface area contributed by atoms with E-state index in [0.29, 0.717) is 22.0 Å². The topological polar surface area (TPSA) is 79.1 Å². The van der Waals surface area contributed by atoms with Gasteiger partial charge in [-0.15, -0.1) is 0 Å². The minimum Gasteiger partial charge on any atom is -0.462 e. The highest BCUT2D eigenvalue weighted by atomic mass is 35.5. The Morgan fingerprint density at radius 3 is 2.31 bits per heavy atom. The minimum absolute atomic E-state index is 0.0815. The van der Waals surface area contributed by atoms with Gasteiger partial charge in [0.25, 0.3) is 0 Å². The highest BCUT2D eigenvalue weighted by Crippen LogP contribution is 2.44. The molecule has 0 fully saturated rings. The van der Waals surface area contributed by atoms with Gasteiger partial charge in [0.1, 0.15) is 12.5 Å². The van der Waals surface area contributed by atoms with E-state index in [1.807, 2.05) is 48.7 Å². The summed E-state index contributed by atoms with van der Waals surface area (Å²) in [6, 6.07) is 9.67.